The zero-order valence-corrected chi connectivity index (χ0v) is 14.0. The molecule has 0 radical (unpaired) electrons. The minimum absolute atomic E-state index is 0.189. The summed E-state index contributed by atoms with van der Waals surface area (Å²) in [5, 5.41) is 0. The lowest BCUT2D eigenvalue weighted by Gasteiger charge is -2.46. The standard InChI is InChI=1S/C18H29N3O/c1-18(2,21-11-13-22-14-12-21)15-20-10-6-4-8-17(20)16-7-3-5-9-19-16/h3,5,7,9,17H,4,6,8,10-15H2,1-2H3. The number of ether oxygens (including phenoxy) is 1. The molecule has 3 rings (SSSR count). The molecule has 4 nitrogen and oxygen atoms in total. The summed E-state index contributed by atoms with van der Waals surface area (Å²) in [7, 11) is 0. The maximum Gasteiger partial charge on any atom is 0.0594 e. The number of hydrogen-bond acceptors (Lipinski definition) is 4. The fourth-order valence-corrected chi connectivity index (χ4v) is 3.85. The molecule has 0 saturated carbocycles. The van der Waals surface area contributed by atoms with Crippen LogP contribution < -0.4 is 0 Å². The van der Waals surface area contributed by atoms with E-state index in [-0.39, 0.29) is 5.54 Å². The summed E-state index contributed by atoms with van der Waals surface area (Å²) in [6.45, 7) is 10.9. The van der Waals surface area contributed by atoms with Crippen LogP contribution in [0.2, 0.25) is 0 Å². The SMILES string of the molecule is CC(C)(CN1CCCCC1c1ccccn1)N1CCOCC1. The van der Waals surface area contributed by atoms with Crippen molar-refractivity contribution in [2.24, 2.45) is 0 Å². The van der Waals surface area contributed by atoms with Gasteiger partial charge in [0.15, 0.2) is 0 Å². The number of pyridine rings is 1. The van der Waals surface area contributed by atoms with E-state index in [1.807, 2.05) is 12.3 Å². The Morgan fingerprint density at radius 2 is 2.00 bits per heavy atom. The second kappa shape index (κ2) is 7.07. The van der Waals surface area contributed by atoms with Gasteiger partial charge >= 0.3 is 0 Å². The third kappa shape index (κ3) is 3.67. The third-order valence-electron chi connectivity index (χ3n) is 5.10. The molecule has 1 atom stereocenters. The molecule has 122 valence electrons. The van der Waals surface area contributed by atoms with Crippen LogP contribution in [0.4, 0.5) is 0 Å². The summed E-state index contributed by atoms with van der Waals surface area (Å²) in [4.78, 5) is 9.86. The summed E-state index contributed by atoms with van der Waals surface area (Å²) in [6.07, 6.45) is 5.78. The highest BCUT2D eigenvalue weighted by atomic mass is 16.5. The van der Waals surface area contributed by atoms with Crippen LogP contribution in [-0.2, 0) is 4.74 Å². The minimum Gasteiger partial charge on any atom is -0.379 e. The van der Waals surface area contributed by atoms with Crippen molar-refractivity contribution in [3.05, 3.63) is 30.1 Å². The molecule has 1 aromatic rings. The second-order valence-electron chi connectivity index (χ2n) is 7.15. The Morgan fingerprint density at radius 1 is 1.18 bits per heavy atom. The molecular formula is C18H29N3O. The van der Waals surface area contributed by atoms with Gasteiger partial charge in [-0.1, -0.05) is 12.5 Å². The highest BCUT2D eigenvalue weighted by Gasteiger charge is 2.34. The number of aromatic nitrogens is 1. The van der Waals surface area contributed by atoms with Crippen LogP contribution in [-0.4, -0.2) is 59.7 Å². The summed E-state index contributed by atoms with van der Waals surface area (Å²) in [5.41, 5.74) is 1.42. The van der Waals surface area contributed by atoms with Crippen molar-refractivity contribution in [2.75, 3.05) is 39.4 Å². The Bertz CT molecular complexity index is 457. The summed E-state index contributed by atoms with van der Waals surface area (Å²) in [6, 6.07) is 6.79. The minimum atomic E-state index is 0.189. The molecule has 2 aliphatic rings. The first-order chi connectivity index (χ1) is 10.7. The molecule has 0 N–H and O–H groups in total. The van der Waals surface area contributed by atoms with E-state index in [2.05, 4.69) is 40.8 Å². The van der Waals surface area contributed by atoms with Gasteiger partial charge < -0.3 is 4.74 Å². The Balaban J connectivity index is 1.70. The van der Waals surface area contributed by atoms with Gasteiger partial charge in [0.25, 0.3) is 0 Å². The quantitative estimate of drug-likeness (QED) is 0.855. The van der Waals surface area contributed by atoms with Crippen molar-refractivity contribution in [2.45, 2.75) is 44.7 Å². The molecule has 0 bridgehead atoms. The van der Waals surface area contributed by atoms with Crippen molar-refractivity contribution >= 4 is 0 Å². The number of hydrogen-bond donors (Lipinski definition) is 0. The van der Waals surface area contributed by atoms with Gasteiger partial charge in [-0.2, -0.15) is 0 Å². The summed E-state index contributed by atoms with van der Waals surface area (Å²) < 4.78 is 5.51. The van der Waals surface area contributed by atoms with Crippen LogP contribution in [0.15, 0.2) is 24.4 Å². The van der Waals surface area contributed by atoms with Crippen molar-refractivity contribution in [3.63, 3.8) is 0 Å². The van der Waals surface area contributed by atoms with Gasteiger partial charge in [0.1, 0.15) is 0 Å². The summed E-state index contributed by atoms with van der Waals surface area (Å²) in [5.74, 6) is 0. The first-order valence-corrected chi connectivity index (χ1v) is 8.65. The van der Waals surface area contributed by atoms with E-state index >= 15 is 0 Å². The highest BCUT2D eigenvalue weighted by molar-refractivity contribution is 5.10. The largest absolute Gasteiger partial charge is 0.379 e. The second-order valence-corrected chi connectivity index (χ2v) is 7.15. The van der Waals surface area contributed by atoms with E-state index in [9.17, 15) is 0 Å². The van der Waals surface area contributed by atoms with Crippen LogP contribution in [0.3, 0.4) is 0 Å². The van der Waals surface area contributed by atoms with E-state index in [1.165, 1.54) is 31.5 Å². The van der Waals surface area contributed by atoms with Gasteiger partial charge in [-0.3, -0.25) is 14.8 Å². The van der Waals surface area contributed by atoms with Crippen molar-refractivity contribution in [1.82, 2.24) is 14.8 Å². The average molecular weight is 303 g/mol. The van der Waals surface area contributed by atoms with Gasteiger partial charge in [-0.25, -0.2) is 0 Å². The molecule has 1 unspecified atom stereocenters. The fraction of sp³-hybridized carbons (Fsp3) is 0.722. The van der Waals surface area contributed by atoms with Crippen LogP contribution in [0, 0.1) is 0 Å². The van der Waals surface area contributed by atoms with Crippen LogP contribution in [0.5, 0.6) is 0 Å². The molecule has 0 aliphatic carbocycles. The third-order valence-corrected chi connectivity index (χ3v) is 5.10. The predicted molar refractivity (Wildman–Crippen MR) is 88.9 cm³/mol. The molecular weight excluding hydrogens is 274 g/mol. The molecule has 2 fully saturated rings. The maximum absolute atomic E-state index is 5.51. The predicted octanol–water partition coefficient (Wildman–Crippen LogP) is 2.72. The molecule has 0 amide bonds. The van der Waals surface area contributed by atoms with E-state index in [0.717, 1.165) is 32.8 Å². The van der Waals surface area contributed by atoms with E-state index < -0.39 is 0 Å². The number of morpholine rings is 1. The van der Waals surface area contributed by atoms with Crippen molar-refractivity contribution < 1.29 is 4.74 Å². The summed E-state index contributed by atoms with van der Waals surface area (Å²) >= 11 is 0. The van der Waals surface area contributed by atoms with Crippen molar-refractivity contribution in [1.29, 1.82) is 0 Å². The first-order valence-electron chi connectivity index (χ1n) is 8.65. The molecule has 2 aliphatic heterocycles. The normalized spacial score (nSPS) is 25.3. The molecule has 3 heterocycles. The molecule has 0 spiro atoms. The number of rotatable bonds is 4. The average Bonchev–Trinajstić information content (AvgIpc) is 2.57. The smallest absolute Gasteiger partial charge is 0.0594 e. The molecule has 0 aromatic carbocycles. The topological polar surface area (TPSA) is 28.6 Å². The monoisotopic (exact) mass is 303 g/mol. The molecule has 4 heteroatoms. The van der Waals surface area contributed by atoms with Gasteiger partial charge in [0.05, 0.1) is 24.9 Å². The van der Waals surface area contributed by atoms with Gasteiger partial charge in [0, 0.05) is 31.4 Å². The number of nitrogens with zero attached hydrogens (tertiary/aromatic N) is 3. The van der Waals surface area contributed by atoms with Crippen LogP contribution in [0.1, 0.15) is 44.8 Å². The first kappa shape index (κ1) is 15.9. The zero-order valence-electron chi connectivity index (χ0n) is 14.0. The van der Waals surface area contributed by atoms with E-state index in [4.69, 9.17) is 4.74 Å². The highest BCUT2D eigenvalue weighted by Crippen LogP contribution is 2.32. The van der Waals surface area contributed by atoms with E-state index in [0.29, 0.717) is 6.04 Å². The van der Waals surface area contributed by atoms with Gasteiger partial charge in [0.2, 0.25) is 0 Å². The Labute approximate surface area is 134 Å². The molecule has 22 heavy (non-hydrogen) atoms. The maximum atomic E-state index is 5.51. The fourth-order valence-electron chi connectivity index (χ4n) is 3.85. The van der Waals surface area contributed by atoms with Crippen molar-refractivity contribution in [3.8, 4) is 0 Å². The van der Waals surface area contributed by atoms with Crippen LogP contribution in [0.25, 0.3) is 0 Å². The Morgan fingerprint density at radius 3 is 2.73 bits per heavy atom. The number of likely N-dealkylation sites (tertiary alicyclic amines) is 1. The lowest BCUT2D eigenvalue weighted by Crippen LogP contribution is -2.56. The van der Waals surface area contributed by atoms with Gasteiger partial charge in [-0.15, -0.1) is 0 Å². The Kier molecular flexibility index (Phi) is 5.11. The zero-order chi connectivity index (χ0) is 15.4. The lowest BCUT2D eigenvalue weighted by molar-refractivity contribution is -0.0302. The van der Waals surface area contributed by atoms with Gasteiger partial charge in [-0.05, 0) is 45.4 Å². The Hall–Kier alpha value is -0.970. The lowest BCUT2D eigenvalue weighted by atomic mass is 9.94. The van der Waals surface area contributed by atoms with E-state index in [1.54, 1.807) is 0 Å². The number of piperidine rings is 1. The van der Waals surface area contributed by atoms with Crippen LogP contribution >= 0.6 is 0 Å². The molecule has 2 saturated heterocycles. The molecule has 1 aromatic heterocycles.